The highest BCUT2D eigenvalue weighted by molar-refractivity contribution is 7.16. The predicted octanol–water partition coefficient (Wildman–Crippen LogP) is 3.69. The molecular weight excluding hydrogens is 374 g/mol. The SMILES string of the molecule is C=CCn1c(=NC(=O)c2ccc(C(=O)OC)cc2)sc2cc(F)cc(F)c21. The van der Waals surface area contributed by atoms with Crippen LogP contribution in [-0.2, 0) is 11.3 Å². The van der Waals surface area contributed by atoms with Crippen LogP contribution in [0.3, 0.4) is 0 Å². The van der Waals surface area contributed by atoms with Crippen LogP contribution in [0.15, 0.2) is 54.0 Å². The Kier molecular flexibility index (Phi) is 5.27. The summed E-state index contributed by atoms with van der Waals surface area (Å²) in [6.45, 7) is 3.82. The van der Waals surface area contributed by atoms with Crippen molar-refractivity contribution in [3.8, 4) is 0 Å². The average Bonchev–Trinajstić information content (AvgIpc) is 2.98. The van der Waals surface area contributed by atoms with E-state index in [0.717, 1.165) is 17.4 Å². The molecular formula is C19H14F2N2O3S. The van der Waals surface area contributed by atoms with Gasteiger partial charge in [0.2, 0.25) is 0 Å². The van der Waals surface area contributed by atoms with Gasteiger partial charge in [-0.25, -0.2) is 13.6 Å². The van der Waals surface area contributed by atoms with Gasteiger partial charge in [-0.2, -0.15) is 4.99 Å². The standard InChI is InChI=1S/C19H14F2N2O3S/c1-3-8-23-16-14(21)9-13(20)10-15(16)27-19(23)22-17(24)11-4-6-12(7-5-11)18(25)26-2/h3-7,9-10H,1,8H2,2H3. The van der Waals surface area contributed by atoms with Gasteiger partial charge in [0.15, 0.2) is 10.6 Å². The summed E-state index contributed by atoms with van der Waals surface area (Å²) in [6.07, 6.45) is 1.53. The molecule has 0 saturated heterocycles. The maximum absolute atomic E-state index is 14.2. The molecule has 3 aromatic rings. The first-order chi connectivity index (χ1) is 12.9. The van der Waals surface area contributed by atoms with E-state index in [-0.39, 0.29) is 22.4 Å². The Hall–Kier alpha value is -3.13. The Morgan fingerprint density at radius 3 is 2.52 bits per heavy atom. The quantitative estimate of drug-likeness (QED) is 0.506. The summed E-state index contributed by atoms with van der Waals surface area (Å²) >= 11 is 1.00. The number of ether oxygens (including phenoxy) is 1. The largest absolute Gasteiger partial charge is 0.465 e. The minimum atomic E-state index is -0.737. The second-order valence-electron chi connectivity index (χ2n) is 5.50. The van der Waals surface area contributed by atoms with Crippen molar-refractivity contribution in [1.29, 1.82) is 0 Å². The third-order valence-corrected chi connectivity index (χ3v) is 4.78. The van der Waals surface area contributed by atoms with Gasteiger partial charge in [-0.3, -0.25) is 4.79 Å². The first-order valence-corrected chi connectivity index (χ1v) is 8.63. The summed E-state index contributed by atoms with van der Waals surface area (Å²) in [5.74, 6) is -2.53. The van der Waals surface area contributed by atoms with E-state index in [4.69, 9.17) is 0 Å². The summed E-state index contributed by atoms with van der Waals surface area (Å²) in [5.41, 5.74) is 0.709. The number of methoxy groups -OCH3 is 1. The van der Waals surface area contributed by atoms with Crippen LogP contribution < -0.4 is 4.80 Å². The van der Waals surface area contributed by atoms with E-state index in [1.54, 1.807) is 0 Å². The van der Waals surface area contributed by atoms with Crippen molar-refractivity contribution in [2.24, 2.45) is 4.99 Å². The molecule has 0 unspecified atom stereocenters. The van der Waals surface area contributed by atoms with E-state index >= 15 is 0 Å². The molecule has 0 aliphatic carbocycles. The van der Waals surface area contributed by atoms with Gasteiger partial charge >= 0.3 is 5.97 Å². The second-order valence-corrected chi connectivity index (χ2v) is 6.51. The summed E-state index contributed by atoms with van der Waals surface area (Å²) < 4.78 is 34.1. The van der Waals surface area contributed by atoms with Gasteiger partial charge in [-0.05, 0) is 30.3 Å². The summed E-state index contributed by atoms with van der Waals surface area (Å²) in [6, 6.07) is 7.77. The van der Waals surface area contributed by atoms with Gasteiger partial charge < -0.3 is 9.30 Å². The maximum Gasteiger partial charge on any atom is 0.337 e. The second kappa shape index (κ2) is 7.63. The summed E-state index contributed by atoms with van der Waals surface area (Å²) in [7, 11) is 1.26. The van der Waals surface area contributed by atoms with E-state index in [9.17, 15) is 18.4 Å². The van der Waals surface area contributed by atoms with Gasteiger partial charge in [0.1, 0.15) is 5.82 Å². The minimum absolute atomic E-state index is 0.161. The van der Waals surface area contributed by atoms with Crippen molar-refractivity contribution in [1.82, 2.24) is 4.57 Å². The Morgan fingerprint density at radius 2 is 1.89 bits per heavy atom. The number of carbonyl (C=O) groups excluding carboxylic acids is 2. The number of rotatable bonds is 4. The lowest BCUT2D eigenvalue weighted by Crippen LogP contribution is -2.17. The molecule has 0 aliphatic rings. The number of esters is 1. The molecule has 5 nitrogen and oxygen atoms in total. The Balaban J connectivity index is 2.08. The van der Waals surface area contributed by atoms with E-state index in [1.807, 2.05) is 0 Å². The maximum atomic E-state index is 14.2. The van der Waals surface area contributed by atoms with E-state index in [2.05, 4.69) is 16.3 Å². The molecule has 0 bridgehead atoms. The molecule has 1 amide bonds. The Bertz CT molecular complexity index is 1110. The highest BCUT2D eigenvalue weighted by Gasteiger charge is 2.14. The van der Waals surface area contributed by atoms with Gasteiger partial charge in [0, 0.05) is 18.2 Å². The molecule has 27 heavy (non-hydrogen) atoms. The van der Waals surface area contributed by atoms with Crippen molar-refractivity contribution in [3.63, 3.8) is 0 Å². The van der Waals surface area contributed by atoms with Gasteiger partial charge in [0.25, 0.3) is 5.91 Å². The number of benzene rings is 2. The molecule has 0 N–H and O–H groups in total. The monoisotopic (exact) mass is 388 g/mol. The van der Waals surface area contributed by atoms with Crippen molar-refractivity contribution in [2.45, 2.75) is 6.54 Å². The molecule has 2 aromatic carbocycles. The van der Waals surface area contributed by atoms with Gasteiger partial charge in [-0.15, -0.1) is 6.58 Å². The number of halogens is 2. The molecule has 1 heterocycles. The minimum Gasteiger partial charge on any atom is -0.465 e. The lowest BCUT2D eigenvalue weighted by atomic mass is 10.1. The van der Waals surface area contributed by atoms with Crippen LogP contribution in [0.4, 0.5) is 8.78 Å². The number of fused-ring (bicyclic) bond motifs is 1. The third-order valence-electron chi connectivity index (χ3n) is 3.76. The first kappa shape index (κ1) is 18.7. The van der Waals surface area contributed by atoms with Crippen LogP contribution in [0.25, 0.3) is 10.2 Å². The van der Waals surface area contributed by atoms with Gasteiger partial charge in [-0.1, -0.05) is 17.4 Å². The number of aromatic nitrogens is 1. The zero-order chi connectivity index (χ0) is 19.6. The number of carbonyl (C=O) groups is 2. The number of amides is 1. The molecule has 8 heteroatoms. The fourth-order valence-electron chi connectivity index (χ4n) is 2.53. The smallest absolute Gasteiger partial charge is 0.337 e. The summed E-state index contributed by atoms with van der Waals surface area (Å²) in [5, 5.41) is 0. The fourth-order valence-corrected chi connectivity index (χ4v) is 3.61. The van der Waals surface area contributed by atoms with Crippen molar-refractivity contribution in [2.75, 3.05) is 7.11 Å². The van der Waals surface area contributed by atoms with E-state index < -0.39 is 23.5 Å². The van der Waals surface area contributed by atoms with Crippen molar-refractivity contribution in [3.05, 3.63) is 76.6 Å². The van der Waals surface area contributed by atoms with E-state index in [0.29, 0.717) is 10.3 Å². The molecule has 0 aliphatic heterocycles. The Morgan fingerprint density at radius 1 is 1.22 bits per heavy atom. The third kappa shape index (κ3) is 3.70. The summed E-state index contributed by atoms with van der Waals surface area (Å²) in [4.78, 5) is 28.2. The highest BCUT2D eigenvalue weighted by atomic mass is 32.1. The van der Waals surface area contributed by atoms with Crippen LogP contribution in [-0.4, -0.2) is 23.6 Å². The number of nitrogens with zero attached hydrogens (tertiary/aromatic N) is 2. The molecule has 0 saturated carbocycles. The number of thiazole rings is 1. The molecule has 1 aromatic heterocycles. The van der Waals surface area contributed by atoms with E-state index in [1.165, 1.54) is 48.1 Å². The molecule has 0 atom stereocenters. The number of allylic oxidation sites excluding steroid dienone is 1. The molecule has 138 valence electrons. The lowest BCUT2D eigenvalue weighted by Gasteiger charge is -2.02. The first-order valence-electron chi connectivity index (χ1n) is 7.81. The topological polar surface area (TPSA) is 60.7 Å². The van der Waals surface area contributed by atoms with Crippen LogP contribution in [0.5, 0.6) is 0 Å². The van der Waals surface area contributed by atoms with Gasteiger partial charge in [0.05, 0.1) is 22.9 Å². The van der Waals surface area contributed by atoms with Crippen LogP contribution in [0.2, 0.25) is 0 Å². The zero-order valence-corrected chi connectivity index (χ0v) is 15.1. The average molecular weight is 388 g/mol. The van der Waals surface area contributed by atoms with Crippen LogP contribution in [0, 0.1) is 11.6 Å². The molecule has 0 fully saturated rings. The molecule has 0 radical (unpaired) electrons. The Labute approximate surface area is 156 Å². The van der Waals surface area contributed by atoms with Crippen LogP contribution in [0.1, 0.15) is 20.7 Å². The van der Waals surface area contributed by atoms with Crippen molar-refractivity contribution < 1.29 is 23.1 Å². The predicted molar refractivity (Wildman–Crippen MR) is 97.6 cm³/mol. The number of hydrogen-bond acceptors (Lipinski definition) is 4. The lowest BCUT2D eigenvalue weighted by molar-refractivity contribution is 0.0600. The molecule has 0 spiro atoms. The van der Waals surface area contributed by atoms with Crippen LogP contribution >= 0.6 is 11.3 Å². The normalized spacial score (nSPS) is 11.6. The zero-order valence-electron chi connectivity index (χ0n) is 14.2. The van der Waals surface area contributed by atoms with Crippen molar-refractivity contribution >= 4 is 33.4 Å². The fraction of sp³-hybridized carbons (Fsp3) is 0.105. The highest BCUT2D eigenvalue weighted by Crippen LogP contribution is 2.22. The molecule has 3 rings (SSSR count). The number of hydrogen-bond donors (Lipinski definition) is 0.